The highest BCUT2D eigenvalue weighted by molar-refractivity contribution is 7.80. The first kappa shape index (κ1) is 21.8. The van der Waals surface area contributed by atoms with Gasteiger partial charge in [0, 0.05) is 18.0 Å². The van der Waals surface area contributed by atoms with Gasteiger partial charge in [0.05, 0.1) is 22.2 Å². The first-order valence-electron chi connectivity index (χ1n) is 10.8. The summed E-state index contributed by atoms with van der Waals surface area (Å²) in [5, 5.41) is 15.5. The number of benzene rings is 2. The first-order chi connectivity index (χ1) is 16.4. The van der Waals surface area contributed by atoms with Gasteiger partial charge in [-0.2, -0.15) is 0 Å². The normalized spacial score (nSPS) is 17.6. The topological polar surface area (TPSA) is 84.4 Å². The van der Waals surface area contributed by atoms with Crippen LogP contribution >= 0.6 is 12.2 Å². The van der Waals surface area contributed by atoms with Gasteiger partial charge < -0.3 is 14.6 Å². The van der Waals surface area contributed by atoms with Crippen LogP contribution in [0.3, 0.4) is 0 Å². The SMILES string of the molecule is Cc1cc(C)cc(N2C(=S)N[C@H](c3ccccn3)[C@@H]2c2ccc(-c3ccccc3[N+](=O)[O-])o2)c1. The molecule has 4 aromatic rings. The molecule has 0 saturated carbocycles. The summed E-state index contributed by atoms with van der Waals surface area (Å²) in [6.07, 6.45) is 1.75. The molecule has 1 N–H and O–H groups in total. The minimum Gasteiger partial charge on any atom is -0.459 e. The molecule has 3 heterocycles. The molecule has 170 valence electrons. The molecule has 0 aliphatic carbocycles. The fraction of sp³-hybridized carbons (Fsp3) is 0.154. The van der Waals surface area contributed by atoms with Gasteiger partial charge in [-0.1, -0.05) is 24.3 Å². The third-order valence-corrected chi connectivity index (χ3v) is 6.18. The minimum absolute atomic E-state index is 0.00379. The smallest absolute Gasteiger partial charge is 0.280 e. The van der Waals surface area contributed by atoms with E-state index in [9.17, 15) is 10.1 Å². The van der Waals surface area contributed by atoms with Crippen LogP contribution in [0, 0.1) is 24.0 Å². The Morgan fingerprint density at radius 1 is 1.03 bits per heavy atom. The zero-order valence-electron chi connectivity index (χ0n) is 18.6. The summed E-state index contributed by atoms with van der Waals surface area (Å²) in [6, 6.07) is 21.6. The number of hydrogen-bond donors (Lipinski definition) is 1. The van der Waals surface area contributed by atoms with Gasteiger partial charge in [0.15, 0.2) is 5.11 Å². The van der Waals surface area contributed by atoms with Gasteiger partial charge in [0.1, 0.15) is 17.6 Å². The molecule has 0 amide bonds. The van der Waals surface area contributed by atoms with Crippen LogP contribution in [0.1, 0.15) is 34.7 Å². The third kappa shape index (κ3) is 3.92. The number of para-hydroxylation sites is 1. The fourth-order valence-electron chi connectivity index (χ4n) is 4.51. The van der Waals surface area contributed by atoms with Crippen LogP contribution in [-0.2, 0) is 0 Å². The summed E-state index contributed by atoms with van der Waals surface area (Å²) >= 11 is 5.77. The highest BCUT2D eigenvalue weighted by Crippen LogP contribution is 2.44. The molecule has 8 heteroatoms. The van der Waals surface area contributed by atoms with Gasteiger partial charge in [0.2, 0.25) is 0 Å². The van der Waals surface area contributed by atoms with E-state index >= 15 is 0 Å². The number of rotatable bonds is 5. The summed E-state index contributed by atoms with van der Waals surface area (Å²) in [7, 11) is 0. The van der Waals surface area contributed by atoms with E-state index in [1.54, 1.807) is 30.5 Å². The summed E-state index contributed by atoms with van der Waals surface area (Å²) in [5.41, 5.74) is 4.44. The van der Waals surface area contributed by atoms with E-state index in [1.807, 2.05) is 43.0 Å². The van der Waals surface area contributed by atoms with Gasteiger partial charge in [-0.05, 0) is 79.7 Å². The lowest BCUT2D eigenvalue weighted by Crippen LogP contribution is -2.29. The second-order valence-corrected chi connectivity index (χ2v) is 8.71. The maximum atomic E-state index is 11.6. The lowest BCUT2D eigenvalue weighted by molar-refractivity contribution is -0.384. The molecule has 1 saturated heterocycles. The van der Waals surface area contributed by atoms with Crippen molar-refractivity contribution < 1.29 is 9.34 Å². The van der Waals surface area contributed by atoms with Crippen LogP contribution in [-0.4, -0.2) is 15.0 Å². The number of aromatic nitrogens is 1. The molecule has 7 nitrogen and oxygen atoms in total. The number of thiocarbonyl (C=S) groups is 1. The lowest BCUT2D eigenvalue weighted by Gasteiger charge is -2.26. The summed E-state index contributed by atoms with van der Waals surface area (Å²) in [5.74, 6) is 1.07. The number of pyridine rings is 1. The number of hydrogen-bond acceptors (Lipinski definition) is 5. The molecule has 0 bridgehead atoms. The van der Waals surface area contributed by atoms with Crippen LogP contribution in [0.25, 0.3) is 11.3 Å². The van der Waals surface area contributed by atoms with E-state index in [-0.39, 0.29) is 17.8 Å². The van der Waals surface area contributed by atoms with Gasteiger partial charge in [0.25, 0.3) is 5.69 Å². The zero-order chi connectivity index (χ0) is 23.8. The second-order valence-electron chi connectivity index (χ2n) is 8.32. The molecule has 2 aromatic heterocycles. The van der Waals surface area contributed by atoms with Crippen LogP contribution in [0.4, 0.5) is 11.4 Å². The monoisotopic (exact) mass is 470 g/mol. The van der Waals surface area contributed by atoms with Crippen molar-refractivity contribution in [1.29, 1.82) is 0 Å². The number of nitro groups is 1. The van der Waals surface area contributed by atoms with Crippen molar-refractivity contribution in [1.82, 2.24) is 10.3 Å². The van der Waals surface area contributed by atoms with Crippen LogP contribution < -0.4 is 10.2 Å². The van der Waals surface area contributed by atoms with E-state index in [4.69, 9.17) is 16.6 Å². The first-order valence-corrected chi connectivity index (χ1v) is 11.3. The molecule has 1 aliphatic heterocycles. The molecule has 5 rings (SSSR count). The van der Waals surface area contributed by atoms with Crippen molar-refractivity contribution in [3.8, 4) is 11.3 Å². The van der Waals surface area contributed by atoms with E-state index in [1.165, 1.54) is 6.07 Å². The average molecular weight is 471 g/mol. The quantitative estimate of drug-likeness (QED) is 0.216. The predicted octanol–water partition coefficient (Wildman–Crippen LogP) is 6.04. The Balaban J connectivity index is 1.64. The maximum Gasteiger partial charge on any atom is 0.280 e. The van der Waals surface area contributed by atoms with Gasteiger partial charge >= 0.3 is 0 Å². The minimum atomic E-state index is -0.400. The molecule has 2 atom stereocenters. The molecule has 0 spiro atoms. The fourth-order valence-corrected chi connectivity index (χ4v) is 4.86. The Morgan fingerprint density at radius 2 is 1.76 bits per heavy atom. The van der Waals surface area contributed by atoms with Crippen molar-refractivity contribution >= 4 is 28.7 Å². The van der Waals surface area contributed by atoms with Crippen molar-refractivity contribution in [2.24, 2.45) is 0 Å². The Labute approximate surface area is 202 Å². The van der Waals surface area contributed by atoms with Gasteiger partial charge in [-0.15, -0.1) is 0 Å². The van der Waals surface area contributed by atoms with Crippen molar-refractivity contribution in [2.45, 2.75) is 25.9 Å². The molecular formula is C26H22N4O3S. The molecule has 0 unspecified atom stereocenters. The molecule has 1 fully saturated rings. The average Bonchev–Trinajstić information content (AvgIpc) is 3.43. The molecule has 2 aromatic carbocycles. The van der Waals surface area contributed by atoms with Crippen molar-refractivity contribution in [3.05, 3.63) is 112 Å². The summed E-state index contributed by atoms with van der Waals surface area (Å²) < 4.78 is 6.28. The largest absolute Gasteiger partial charge is 0.459 e. The summed E-state index contributed by atoms with van der Waals surface area (Å²) in [6.45, 7) is 4.10. The van der Waals surface area contributed by atoms with Crippen LogP contribution in [0.5, 0.6) is 0 Å². The molecule has 34 heavy (non-hydrogen) atoms. The van der Waals surface area contributed by atoms with Gasteiger partial charge in [-0.3, -0.25) is 15.1 Å². The number of nitro benzene ring substituents is 1. The lowest BCUT2D eigenvalue weighted by atomic mass is 10.0. The number of furan rings is 1. The van der Waals surface area contributed by atoms with E-state index < -0.39 is 4.92 Å². The second kappa shape index (κ2) is 8.72. The Kier molecular flexibility index (Phi) is 5.59. The highest BCUT2D eigenvalue weighted by Gasteiger charge is 2.42. The Bertz CT molecular complexity index is 1370. The standard InChI is InChI=1S/C26H22N4O3S/c1-16-13-17(2)15-18(14-16)29-25(24(28-26(29)34)20-8-5-6-12-27-20)23-11-10-22(33-23)19-7-3-4-9-21(19)30(31)32/h3-15,24-25H,1-2H3,(H,28,34)/t24-,25+/m1/s1. The summed E-state index contributed by atoms with van der Waals surface area (Å²) in [4.78, 5) is 17.8. The van der Waals surface area contributed by atoms with Gasteiger partial charge in [-0.25, -0.2) is 0 Å². The number of anilines is 1. The molecule has 1 aliphatic rings. The molecule has 0 radical (unpaired) electrons. The van der Waals surface area contributed by atoms with E-state index in [0.29, 0.717) is 22.2 Å². The van der Waals surface area contributed by atoms with E-state index in [2.05, 4.69) is 28.5 Å². The Hall–Kier alpha value is -4.04. The molecular weight excluding hydrogens is 448 g/mol. The maximum absolute atomic E-state index is 11.6. The number of aryl methyl sites for hydroxylation is 2. The van der Waals surface area contributed by atoms with Crippen LogP contribution in [0.15, 0.2) is 83.4 Å². The third-order valence-electron chi connectivity index (χ3n) is 5.87. The van der Waals surface area contributed by atoms with Crippen molar-refractivity contribution in [3.63, 3.8) is 0 Å². The number of nitrogens with one attached hydrogen (secondary N) is 1. The predicted molar refractivity (Wildman–Crippen MR) is 135 cm³/mol. The zero-order valence-corrected chi connectivity index (χ0v) is 19.5. The number of nitrogens with zero attached hydrogens (tertiary/aromatic N) is 3. The van der Waals surface area contributed by atoms with Crippen molar-refractivity contribution in [2.75, 3.05) is 4.90 Å². The highest BCUT2D eigenvalue weighted by atomic mass is 32.1. The van der Waals surface area contributed by atoms with Crippen LogP contribution in [0.2, 0.25) is 0 Å². The Morgan fingerprint density at radius 3 is 2.47 bits per heavy atom. The van der Waals surface area contributed by atoms with E-state index in [0.717, 1.165) is 22.5 Å².